The molecule has 1 aromatic heterocycles. The number of nitrogens with one attached hydrogen (secondary N) is 1. The van der Waals surface area contributed by atoms with Crippen molar-refractivity contribution in [2.75, 3.05) is 5.01 Å². The van der Waals surface area contributed by atoms with E-state index in [1.54, 1.807) is 0 Å². The van der Waals surface area contributed by atoms with E-state index in [1.165, 1.54) is 52.2 Å². The number of H-pyrrole nitrogens is 1. The average Bonchev–Trinajstić information content (AvgIpc) is 3.76. The molecule has 4 nitrogen and oxygen atoms in total. The van der Waals surface area contributed by atoms with Gasteiger partial charge in [0.25, 0.3) is 0 Å². The van der Waals surface area contributed by atoms with Gasteiger partial charge in [-0.15, -0.1) is 11.8 Å². The van der Waals surface area contributed by atoms with Crippen LogP contribution in [0.2, 0.25) is 0 Å². The lowest BCUT2D eigenvalue weighted by Crippen LogP contribution is -2.33. The van der Waals surface area contributed by atoms with Gasteiger partial charge in [-0.1, -0.05) is 84.1 Å². The molecule has 6 heteroatoms. The Morgan fingerprint density at radius 2 is 1.58 bits per heavy atom. The Morgan fingerprint density at radius 1 is 0.842 bits per heavy atom. The van der Waals surface area contributed by atoms with Crippen LogP contribution in [0.3, 0.4) is 0 Å². The van der Waals surface area contributed by atoms with E-state index in [4.69, 9.17) is 5.10 Å². The van der Waals surface area contributed by atoms with E-state index in [1.807, 2.05) is 11.8 Å². The molecule has 0 amide bonds. The summed E-state index contributed by atoms with van der Waals surface area (Å²) in [6, 6.07) is 30.5. The molecule has 0 spiro atoms. The Hall–Kier alpha value is -3.09. The number of hydrogen-bond acceptors (Lipinski definition) is 5. The zero-order valence-corrected chi connectivity index (χ0v) is 22.6. The third kappa shape index (κ3) is 3.64. The molecule has 1 N–H and O–H groups in total. The van der Waals surface area contributed by atoms with Gasteiger partial charge < -0.3 is 4.98 Å². The van der Waals surface area contributed by atoms with Crippen molar-refractivity contribution < 1.29 is 0 Å². The predicted molar refractivity (Wildman–Crippen MR) is 156 cm³/mol. The minimum absolute atomic E-state index is 0.0852. The summed E-state index contributed by atoms with van der Waals surface area (Å²) >= 11 is 3.39. The molecule has 2 saturated carbocycles. The first-order chi connectivity index (χ1) is 18.7. The number of thiazole rings is 1. The number of aromatic amines is 1. The summed E-state index contributed by atoms with van der Waals surface area (Å²) in [7, 11) is 0. The Balaban J connectivity index is 1.17. The molecule has 2 bridgehead atoms. The molecule has 4 aromatic rings. The average molecular weight is 536 g/mol. The van der Waals surface area contributed by atoms with E-state index in [-0.39, 0.29) is 10.9 Å². The number of hydrogen-bond donors (Lipinski definition) is 1. The van der Waals surface area contributed by atoms with Crippen molar-refractivity contribution in [2.45, 2.75) is 47.9 Å². The number of thioether (sulfide) groups is 1. The lowest BCUT2D eigenvalue weighted by molar-refractivity contribution is 0.307. The summed E-state index contributed by atoms with van der Waals surface area (Å²) < 4.78 is 0. The summed E-state index contributed by atoms with van der Waals surface area (Å²) in [5, 5.41) is 9.12. The highest BCUT2D eigenvalue weighted by Crippen LogP contribution is 2.63. The number of fused-ring (bicyclic) bond motifs is 6. The van der Waals surface area contributed by atoms with Crippen LogP contribution >= 0.6 is 23.1 Å². The molecule has 2 fully saturated rings. The normalized spacial score (nSPS) is 29.3. The van der Waals surface area contributed by atoms with Gasteiger partial charge in [0.2, 0.25) is 0 Å². The maximum atomic E-state index is 12.4. The Kier molecular flexibility index (Phi) is 5.41. The van der Waals surface area contributed by atoms with Crippen molar-refractivity contribution in [3.05, 3.63) is 116 Å². The van der Waals surface area contributed by atoms with Crippen LogP contribution in [0.5, 0.6) is 0 Å². The van der Waals surface area contributed by atoms with Crippen molar-refractivity contribution in [1.29, 1.82) is 0 Å². The molecule has 6 atom stereocenters. The zero-order valence-electron chi connectivity index (χ0n) is 21.0. The lowest BCUT2D eigenvalue weighted by atomic mass is 9.75. The molecule has 2 aliphatic carbocycles. The van der Waals surface area contributed by atoms with E-state index in [0.717, 1.165) is 34.7 Å². The molecule has 0 radical (unpaired) electrons. The van der Waals surface area contributed by atoms with E-state index in [2.05, 4.69) is 94.9 Å². The smallest absolute Gasteiger partial charge is 0.305 e. The number of benzene rings is 3. The Labute approximate surface area is 230 Å². The van der Waals surface area contributed by atoms with E-state index < -0.39 is 0 Å². The zero-order chi connectivity index (χ0) is 25.2. The van der Waals surface area contributed by atoms with Crippen LogP contribution in [-0.4, -0.2) is 15.9 Å². The molecule has 3 aromatic carbocycles. The van der Waals surface area contributed by atoms with E-state index in [9.17, 15) is 4.79 Å². The first-order valence-electron chi connectivity index (χ1n) is 13.7. The van der Waals surface area contributed by atoms with Gasteiger partial charge in [-0.05, 0) is 65.8 Å². The van der Waals surface area contributed by atoms with Gasteiger partial charge in [-0.2, -0.15) is 5.10 Å². The summed E-state index contributed by atoms with van der Waals surface area (Å²) in [5.41, 5.74) is 6.05. The van der Waals surface area contributed by atoms with Crippen molar-refractivity contribution in [3.63, 3.8) is 0 Å². The van der Waals surface area contributed by atoms with Crippen LogP contribution in [0.1, 0.15) is 59.2 Å². The summed E-state index contributed by atoms with van der Waals surface area (Å²) in [4.78, 5) is 16.9. The van der Waals surface area contributed by atoms with Crippen molar-refractivity contribution >= 4 is 34.5 Å². The Bertz CT molecular complexity index is 1560. The molecular formula is C32H29N3OS2. The van der Waals surface area contributed by atoms with Crippen molar-refractivity contribution in [2.24, 2.45) is 22.9 Å². The molecule has 2 aliphatic heterocycles. The van der Waals surface area contributed by atoms with Crippen molar-refractivity contribution in [3.8, 4) is 0 Å². The van der Waals surface area contributed by atoms with Crippen LogP contribution in [0.15, 0.2) is 99.9 Å². The number of rotatable bonds is 4. The topological polar surface area (TPSA) is 48.5 Å². The first-order valence-corrected chi connectivity index (χ1v) is 15.4. The summed E-state index contributed by atoms with van der Waals surface area (Å²) in [6.07, 6.45) is 4.94. The SMILES string of the molecule is O=c1[nH]c2c(s1)[C@H](c1ccc(N3N=C(c4ccccc4)C[C@H]3c3ccccc3)cc1)[C@H]1[C@@H]3CC[C@H](C3)[C@@H]1S2. The molecule has 8 rings (SSSR count). The van der Waals surface area contributed by atoms with Gasteiger partial charge in [-0.3, -0.25) is 9.80 Å². The second-order valence-electron chi connectivity index (χ2n) is 11.2. The van der Waals surface area contributed by atoms with Crippen LogP contribution in [0.25, 0.3) is 0 Å². The van der Waals surface area contributed by atoms with Crippen LogP contribution in [-0.2, 0) is 0 Å². The van der Waals surface area contributed by atoms with Crippen LogP contribution in [0.4, 0.5) is 5.69 Å². The summed E-state index contributed by atoms with van der Waals surface area (Å²) in [6.45, 7) is 0. The van der Waals surface area contributed by atoms with Gasteiger partial charge in [0.05, 0.1) is 22.5 Å². The van der Waals surface area contributed by atoms with E-state index in [0.29, 0.717) is 17.1 Å². The second kappa shape index (κ2) is 8.99. The second-order valence-corrected chi connectivity index (χ2v) is 13.4. The van der Waals surface area contributed by atoms with Gasteiger partial charge in [-0.25, -0.2) is 0 Å². The highest BCUT2D eigenvalue weighted by Gasteiger charge is 2.54. The summed E-state index contributed by atoms with van der Waals surface area (Å²) in [5.74, 6) is 2.54. The minimum atomic E-state index is 0.0852. The van der Waals surface area contributed by atoms with Gasteiger partial charge >= 0.3 is 4.87 Å². The number of aromatic nitrogens is 1. The fraction of sp³-hybridized carbons (Fsp3) is 0.312. The number of hydrazone groups is 1. The van der Waals surface area contributed by atoms with Gasteiger partial charge in [0, 0.05) is 22.5 Å². The Morgan fingerprint density at radius 3 is 2.37 bits per heavy atom. The highest BCUT2D eigenvalue weighted by molar-refractivity contribution is 8.00. The monoisotopic (exact) mass is 535 g/mol. The molecule has 4 aliphatic rings. The van der Waals surface area contributed by atoms with Gasteiger partial charge in [0.15, 0.2) is 0 Å². The molecule has 0 saturated heterocycles. The van der Waals surface area contributed by atoms with E-state index >= 15 is 0 Å². The van der Waals surface area contributed by atoms with Crippen LogP contribution < -0.4 is 9.88 Å². The van der Waals surface area contributed by atoms with Crippen LogP contribution in [0, 0.1) is 17.8 Å². The number of nitrogens with zero attached hydrogens (tertiary/aromatic N) is 2. The largest absolute Gasteiger partial charge is 0.307 e. The maximum absolute atomic E-state index is 12.4. The third-order valence-corrected chi connectivity index (χ3v) is 11.8. The fourth-order valence-corrected chi connectivity index (χ4v) is 10.4. The standard InChI is InChI=1S/C32H29N3OS2/c36-32-33-31-30(38-32)27(28-22-11-12-23(17-22)29(28)37-31)21-13-15-24(16-14-21)35-26(20-9-5-2-6-10-20)18-25(34-35)19-7-3-1-4-8-19/h1-10,13-16,22-23,26-29H,11-12,17-18H2,(H,33,36)/t22-,23-,26+,27-,28-,29+/m1/s1. The minimum Gasteiger partial charge on any atom is -0.307 e. The van der Waals surface area contributed by atoms with Crippen molar-refractivity contribution in [1.82, 2.24) is 4.98 Å². The third-order valence-electron chi connectivity index (χ3n) is 9.18. The highest BCUT2D eigenvalue weighted by atomic mass is 32.2. The maximum Gasteiger partial charge on any atom is 0.305 e. The lowest BCUT2D eigenvalue weighted by Gasteiger charge is -2.40. The molecule has 190 valence electrons. The van der Waals surface area contributed by atoms with Gasteiger partial charge in [0.1, 0.15) is 0 Å². The molecule has 38 heavy (non-hydrogen) atoms. The molecular weight excluding hydrogens is 507 g/mol. The molecule has 0 unspecified atom stereocenters. The first kappa shape index (κ1) is 22.9. The fourth-order valence-electron chi connectivity index (χ4n) is 7.55. The predicted octanol–water partition coefficient (Wildman–Crippen LogP) is 7.44. The number of anilines is 1. The molecule has 3 heterocycles. The quantitative estimate of drug-likeness (QED) is 0.295.